The van der Waals surface area contributed by atoms with E-state index < -0.39 is 40.5 Å². The van der Waals surface area contributed by atoms with Crippen molar-refractivity contribution in [3.8, 4) is 6.07 Å². The molecule has 3 rings (SSSR count). The minimum absolute atomic E-state index is 0.153. The molecule has 1 aliphatic rings. The predicted octanol–water partition coefficient (Wildman–Crippen LogP) is 4.77. The summed E-state index contributed by atoms with van der Waals surface area (Å²) in [4.78, 5) is 27.6. The standard InChI is InChI=1S/C23H20F4N4O2S/c1-4-9-29-19(32)16-8-7-15(11-18(16)24)31-21(34)30(20(33)22(31,2)3)14-6-5-13(12-28)17(10-14)23(25,26)27/h5-8,10-11H,4,9H2,1-3H3,(H,29,32). The van der Waals surface area contributed by atoms with Crippen LogP contribution in [0.25, 0.3) is 0 Å². The van der Waals surface area contributed by atoms with Gasteiger partial charge < -0.3 is 10.2 Å². The highest BCUT2D eigenvalue weighted by molar-refractivity contribution is 7.81. The molecule has 2 aromatic carbocycles. The number of nitrogens with zero attached hydrogens (tertiary/aromatic N) is 3. The average molecular weight is 492 g/mol. The first kappa shape index (κ1) is 25.1. The van der Waals surface area contributed by atoms with Crippen molar-refractivity contribution in [1.82, 2.24) is 5.32 Å². The van der Waals surface area contributed by atoms with E-state index in [4.69, 9.17) is 17.5 Å². The number of carbonyl (C=O) groups excluding carboxylic acids is 2. The zero-order valence-electron chi connectivity index (χ0n) is 18.5. The van der Waals surface area contributed by atoms with Crippen LogP contribution in [-0.2, 0) is 11.0 Å². The van der Waals surface area contributed by atoms with Crippen molar-refractivity contribution in [3.05, 3.63) is 58.9 Å². The summed E-state index contributed by atoms with van der Waals surface area (Å²) in [6, 6.07) is 8.04. The summed E-state index contributed by atoms with van der Waals surface area (Å²) < 4.78 is 55.1. The monoisotopic (exact) mass is 492 g/mol. The molecule has 1 aliphatic heterocycles. The quantitative estimate of drug-likeness (QED) is 0.481. The molecular weight excluding hydrogens is 472 g/mol. The van der Waals surface area contributed by atoms with Gasteiger partial charge in [-0.25, -0.2) is 4.39 Å². The van der Waals surface area contributed by atoms with Gasteiger partial charge in [0, 0.05) is 12.2 Å². The van der Waals surface area contributed by atoms with Crippen LogP contribution in [0.2, 0.25) is 0 Å². The Bertz CT molecular complexity index is 1220. The van der Waals surface area contributed by atoms with Crippen LogP contribution in [0.5, 0.6) is 0 Å². The van der Waals surface area contributed by atoms with Crippen molar-refractivity contribution < 1.29 is 27.2 Å². The van der Waals surface area contributed by atoms with Crippen LogP contribution in [0.1, 0.15) is 48.7 Å². The fourth-order valence-electron chi connectivity index (χ4n) is 3.62. The summed E-state index contributed by atoms with van der Waals surface area (Å²) in [5.74, 6) is -2.07. The number of thiocarbonyl (C=S) groups is 1. The zero-order chi connectivity index (χ0) is 25.4. The molecule has 0 aromatic heterocycles. The van der Waals surface area contributed by atoms with Crippen LogP contribution in [0.15, 0.2) is 36.4 Å². The maximum Gasteiger partial charge on any atom is 0.417 e. The van der Waals surface area contributed by atoms with Gasteiger partial charge in [-0.2, -0.15) is 18.4 Å². The zero-order valence-corrected chi connectivity index (χ0v) is 19.3. The molecule has 34 heavy (non-hydrogen) atoms. The molecule has 1 heterocycles. The number of alkyl halides is 3. The Balaban J connectivity index is 2.03. The Morgan fingerprint density at radius 2 is 1.82 bits per heavy atom. The van der Waals surface area contributed by atoms with Crippen molar-refractivity contribution in [1.29, 1.82) is 5.26 Å². The second kappa shape index (κ2) is 9.02. The molecule has 0 spiro atoms. The number of halogens is 4. The van der Waals surface area contributed by atoms with Gasteiger partial charge >= 0.3 is 6.18 Å². The SMILES string of the molecule is CCCNC(=O)c1ccc(N2C(=S)N(c3ccc(C#N)c(C(F)(F)F)c3)C(=O)C2(C)C)cc1F. The Morgan fingerprint density at radius 1 is 1.18 bits per heavy atom. The predicted molar refractivity (Wildman–Crippen MR) is 122 cm³/mol. The third-order valence-corrected chi connectivity index (χ3v) is 5.71. The number of nitrogens with one attached hydrogen (secondary N) is 1. The van der Waals surface area contributed by atoms with Crippen molar-refractivity contribution in [2.24, 2.45) is 0 Å². The molecule has 0 saturated carbocycles. The van der Waals surface area contributed by atoms with E-state index in [0.717, 1.165) is 17.0 Å². The highest BCUT2D eigenvalue weighted by atomic mass is 32.1. The molecule has 11 heteroatoms. The number of amides is 2. The second-order valence-corrected chi connectivity index (χ2v) is 8.44. The van der Waals surface area contributed by atoms with Gasteiger partial charge in [-0.05, 0) is 68.9 Å². The largest absolute Gasteiger partial charge is 0.417 e. The maximum atomic E-state index is 14.8. The van der Waals surface area contributed by atoms with Crippen LogP contribution in [-0.4, -0.2) is 29.0 Å². The van der Waals surface area contributed by atoms with Gasteiger partial charge in [-0.15, -0.1) is 0 Å². The maximum absolute atomic E-state index is 14.8. The van der Waals surface area contributed by atoms with E-state index in [0.29, 0.717) is 19.0 Å². The molecule has 0 atom stereocenters. The summed E-state index contributed by atoms with van der Waals surface area (Å²) in [6.45, 7) is 5.22. The summed E-state index contributed by atoms with van der Waals surface area (Å²) in [5, 5.41) is 11.4. The molecule has 1 saturated heterocycles. The van der Waals surface area contributed by atoms with Crippen molar-refractivity contribution in [3.63, 3.8) is 0 Å². The van der Waals surface area contributed by atoms with E-state index in [2.05, 4.69) is 5.32 Å². The van der Waals surface area contributed by atoms with Crippen molar-refractivity contribution >= 4 is 40.5 Å². The Kier molecular flexibility index (Phi) is 6.66. The molecule has 0 bridgehead atoms. The van der Waals surface area contributed by atoms with Gasteiger partial charge in [0.15, 0.2) is 5.11 Å². The molecule has 1 N–H and O–H groups in total. The molecule has 178 valence electrons. The fraction of sp³-hybridized carbons (Fsp3) is 0.304. The molecule has 0 unspecified atom stereocenters. The molecular formula is C23H20F4N4O2S. The minimum Gasteiger partial charge on any atom is -0.352 e. The van der Waals surface area contributed by atoms with Gasteiger partial charge in [-0.1, -0.05) is 6.92 Å². The van der Waals surface area contributed by atoms with E-state index in [1.807, 2.05) is 6.92 Å². The highest BCUT2D eigenvalue weighted by Crippen LogP contribution is 2.39. The van der Waals surface area contributed by atoms with Crippen LogP contribution in [0, 0.1) is 17.1 Å². The normalized spacial score (nSPS) is 15.5. The third-order valence-electron chi connectivity index (χ3n) is 5.35. The van der Waals surface area contributed by atoms with Gasteiger partial charge in [0.1, 0.15) is 11.4 Å². The third kappa shape index (κ3) is 4.33. The van der Waals surface area contributed by atoms with Gasteiger partial charge in [0.2, 0.25) is 0 Å². The topological polar surface area (TPSA) is 76.4 Å². The van der Waals surface area contributed by atoms with E-state index >= 15 is 0 Å². The molecule has 1 fully saturated rings. The molecule has 0 aliphatic carbocycles. The smallest absolute Gasteiger partial charge is 0.352 e. The first-order chi connectivity index (χ1) is 15.8. The Morgan fingerprint density at radius 3 is 2.38 bits per heavy atom. The lowest BCUT2D eigenvalue weighted by molar-refractivity contribution is -0.137. The Hall–Kier alpha value is -3.52. The number of benzene rings is 2. The lowest BCUT2D eigenvalue weighted by atomic mass is 10.0. The van der Waals surface area contributed by atoms with Gasteiger partial charge in [-0.3, -0.25) is 14.5 Å². The van der Waals surface area contributed by atoms with E-state index in [1.54, 1.807) is 0 Å². The molecule has 2 amide bonds. The Labute approximate surface area is 198 Å². The lowest BCUT2D eigenvalue weighted by Crippen LogP contribution is -2.44. The van der Waals surface area contributed by atoms with Crippen LogP contribution in [0.3, 0.4) is 0 Å². The highest BCUT2D eigenvalue weighted by Gasteiger charge is 2.50. The van der Waals surface area contributed by atoms with E-state index in [9.17, 15) is 27.2 Å². The number of nitriles is 1. The van der Waals surface area contributed by atoms with Crippen molar-refractivity contribution in [2.75, 3.05) is 16.3 Å². The first-order valence-electron chi connectivity index (χ1n) is 10.2. The fourth-order valence-corrected chi connectivity index (χ4v) is 4.14. The summed E-state index contributed by atoms with van der Waals surface area (Å²) in [6.07, 6.45) is -4.15. The van der Waals surface area contributed by atoms with Crippen molar-refractivity contribution in [2.45, 2.75) is 38.9 Å². The number of anilines is 2. The molecule has 0 radical (unpaired) electrons. The summed E-state index contributed by atoms with van der Waals surface area (Å²) in [7, 11) is 0. The second-order valence-electron chi connectivity index (χ2n) is 8.08. The first-order valence-corrected chi connectivity index (χ1v) is 10.6. The number of hydrogen-bond acceptors (Lipinski definition) is 4. The van der Waals surface area contributed by atoms with Crippen LogP contribution in [0.4, 0.5) is 28.9 Å². The summed E-state index contributed by atoms with van der Waals surface area (Å²) >= 11 is 5.42. The minimum atomic E-state index is -4.82. The molecule has 2 aromatic rings. The molecule has 6 nitrogen and oxygen atoms in total. The van der Waals surface area contributed by atoms with Gasteiger partial charge in [0.05, 0.1) is 28.4 Å². The number of rotatable bonds is 5. The van der Waals surface area contributed by atoms with Crippen LogP contribution < -0.4 is 15.1 Å². The lowest BCUT2D eigenvalue weighted by Gasteiger charge is -2.29. The number of carbonyl (C=O) groups is 2. The van der Waals surface area contributed by atoms with E-state index in [-0.39, 0.29) is 22.1 Å². The summed E-state index contributed by atoms with van der Waals surface area (Å²) in [5.41, 5.74) is -3.38. The number of hydrogen-bond donors (Lipinski definition) is 1. The average Bonchev–Trinajstić information content (AvgIpc) is 2.94. The van der Waals surface area contributed by atoms with Crippen LogP contribution >= 0.6 is 12.2 Å². The van der Waals surface area contributed by atoms with E-state index in [1.165, 1.54) is 43.0 Å². The van der Waals surface area contributed by atoms with Gasteiger partial charge in [0.25, 0.3) is 11.8 Å².